The fraction of sp³-hybridized carbons (Fsp3) is 0.286. The highest BCUT2D eigenvalue weighted by Crippen LogP contribution is 2.35. The van der Waals surface area contributed by atoms with Crippen molar-refractivity contribution in [3.8, 4) is 22.4 Å². The standard InChI is InChI=1S/C21H19N3O2/c25-20-4-2-15-11-16(1-3-18(15)20)19-12-24(17-7-10-26-13-17)23-21(19)14-5-8-22-9-6-14/h1,3,5-6,8-9,11-12,17H,2,4,7,10,13H2/t17-/m1/s1. The first-order chi connectivity index (χ1) is 12.8. The number of carbonyl (C=O) groups excluding carboxylic acids is 1. The molecule has 2 aromatic heterocycles. The summed E-state index contributed by atoms with van der Waals surface area (Å²) in [5, 5.41) is 4.89. The molecule has 1 saturated heterocycles. The van der Waals surface area contributed by atoms with Crippen LogP contribution < -0.4 is 0 Å². The van der Waals surface area contributed by atoms with E-state index in [1.807, 2.05) is 28.9 Å². The van der Waals surface area contributed by atoms with E-state index in [0.29, 0.717) is 13.0 Å². The molecule has 1 aromatic carbocycles. The van der Waals surface area contributed by atoms with Crippen molar-refractivity contribution in [1.29, 1.82) is 0 Å². The smallest absolute Gasteiger partial charge is 0.163 e. The number of carbonyl (C=O) groups is 1. The Bertz CT molecular complexity index is 972. The zero-order valence-corrected chi connectivity index (χ0v) is 14.4. The van der Waals surface area contributed by atoms with Gasteiger partial charge >= 0.3 is 0 Å². The monoisotopic (exact) mass is 345 g/mol. The number of ketones is 1. The average molecular weight is 345 g/mol. The minimum atomic E-state index is 0.250. The highest BCUT2D eigenvalue weighted by atomic mass is 16.5. The van der Waals surface area contributed by atoms with Crippen LogP contribution in [-0.2, 0) is 11.2 Å². The molecule has 1 fully saturated rings. The van der Waals surface area contributed by atoms with Crippen molar-refractivity contribution in [3.63, 3.8) is 0 Å². The van der Waals surface area contributed by atoms with Crippen LogP contribution in [0.4, 0.5) is 0 Å². The van der Waals surface area contributed by atoms with Crippen molar-refractivity contribution >= 4 is 5.78 Å². The summed E-state index contributed by atoms with van der Waals surface area (Å²) in [5.41, 5.74) is 6.20. The topological polar surface area (TPSA) is 57.0 Å². The van der Waals surface area contributed by atoms with Gasteiger partial charge in [-0.25, -0.2) is 0 Å². The highest BCUT2D eigenvalue weighted by molar-refractivity contribution is 6.01. The summed E-state index contributed by atoms with van der Waals surface area (Å²) in [6.45, 7) is 1.49. The third-order valence-corrected chi connectivity index (χ3v) is 5.30. The number of pyridine rings is 1. The van der Waals surface area contributed by atoms with Crippen LogP contribution in [0.3, 0.4) is 0 Å². The zero-order chi connectivity index (χ0) is 17.5. The predicted molar refractivity (Wildman–Crippen MR) is 98.0 cm³/mol. The molecule has 26 heavy (non-hydrogen) atoms. The van der Waals surface area contributed by atoms with Crippen LogP contribution >= 0.6 is 0 Å². The molecule has 2 aliphatic rings. The van der Waals surface area contributed by atoms with Crippen LogP contribution in [0.5, 0.6) is 0 Å². The minimum absolute atomic E-state index is 0.250. The molecule has 5 nitrogen and oxygen atoms in total. The van der Waals surface area contributed by atoms with Crippen molar-refractivity contribution in [1.82, 2.24) is 14.8 Å². The molecule has 3 heterocycles. The van der Waals surface area contributed by atoms with Gasteiger partial charge in [0.1, 0.15) is 5.69 Å². The summed E-state index contributed by atoms with van der Waals surface area (Å²) < 4.78 is 7.57. The van der Waals surface area contributed by atoms with Crippen LogP contribution in [0.15, 0.2) is 48.9 Å². The van der Waals surface area contributed by atoms with Crippen LogP contribution in [0.2, 0.25) is 0 Å². The van der Waals surface area contributed by atoms with Gasteiger partial charge in [0.05, 0.1) is 12.6 Å². The highest BCUT2D eigenvalue weighted by Gasteiger charge is 2.24. The van der Waals surface area contributed by atoms with Gasteiger partial charge in [0.25, 0.3) is 0 Å². The Hall–Kier alpha value is -2.79. The number of fused-ring (bicyclic) bond motifs is 1. The molecule has 0 spiro atoms. The summed E-state index contributed by atoms with van der Waals surface area (Å²) in [4.78, 5) is 16.1. The number of aryl methyl sites for hydroxylation is 1. The Morgan fingerprint density at radius 1 is 1.04 bits per heavy atom. The zero-order valence-electron chi connectivity index (χ0n) is 14.4. The quantitative estimate of drug-likeness (QED) is 0.726. The first kappa shape index (κ1) is 15.5. The van der Waals surface area contributed by atoms with Crippen LogP contribution in [0, 0.1) is 0 Å². The summed E-state index contributed by atoms with van der Waals surface area (Å²) in [5.74, 6) is 0.250. The van der Waals surface area contributed by atoms with E-state index in [1.165, 1.54) is 0 Å². The van der Waals surface area contributed by atoms with E-state index in [9.17, 15) is 4.79 Å². The maximum Gasteiger partial charge on any atom is 0.163 e. The number of hydrogen-bond donors (Lipinski definition) is 0. The maximum absolute atomic E-state index is 11.9. The predicted octanol–water partition coefficient (Wildman–Crippen LogP) is 3.70. The van der Waals surface area contributed by atoms with Crippen LogP contribution in [-0.4, -0.2) is 33.8 Å². The lowest BCUT2D eigenvalue weighted by atomic mass is 9.98. The number of nitrogens with zero attached hydrogens (tertiary/aromatic N) is 3. The Labute approximate surface area is 151 Å². The van der Waals surface area contributed by atoms with Gasteiger partial charge in [-0.05, 0) is 36.1 Å². The second-order valence-corrected chi connectivity index (χ2v) is 6.92. The summed E-state index contributed by atoms with van der Waals surface area (Å²) in [7, 11) is 0. The van der Waals surface area contributed by atoms with Crippen molar-refractivity contribution in [2.24, 2.45) is 0 Å². The summed E-state index contributed by atoms with van der Waals surface area (Å²) in [6, 6.07) is 10.4. The van der Waals surface area contributed by atoms with E-state index in [-0.39, 0.29) is 11.8 Å². The van der Waals surface area contributed by atoms with E-state index >= 15 is 0 Å². The van der Waals surface area contributed by atoms with Gasteiger partial charge in [0.15, 0.2) is 5.78 Å². The third kappa shape index (κ3) is 2.56. The number of rotatable bonds is 3. The van der Waals surface area contributed by atoms with E-state index in [0.717, 1.165) is 53.0 Å². The van der Waals surface area contributed by atoms with Gasteiger partial charge in [-0.1, -0.05) is 18.2 Å². The molecule has 130 valence electrons. The third-order valence-electron chi connectivity index (χ3n) is 5.30. The molecule has 0 bridgehead atoms. The number of aromatic nitrogens is 3. The normalized spacial score (nSPS) is 19.1. The second kappa shape index (κ2) is 6.18. The van der Waals surface area contributed by atoms with Crippen molar-refractivity contribution in [3.05, 3.63) is 60.0 Å². The van der Waals surface area contributed by atoms with Crippen molar-refractivity contribution in [2.45, 2.75) is 25.3 Å². The minimum Gasteiger partial charge on any atom is -0.379 e. The molecule has 0 amide bonds. The molecular weight excluding hydrogens is 326 g/mol. The molecule has 5 rings (SSSR count). The molecule has 5 heteroatoms. The van der Waals surface area contributed by atoms with Gasteiger partial charge in [-0.15, -0.1) is 0 Å². The first-order valence-electron chi connectivity index (χ1n) is 9.03. The molecule has 0 radical (unpaired) electrons. The Morgan fingerprint density at radius 2 is 1.92 bits per heavy atom. The van der Waals surface area contributed by atoms with Crippen molar-refractivity contribution in [2.75, 3.05) is 13.2 Å². The largest absolute Gasteiger partial charge is 0.379 e. The molecule has 0 saturated carbocycles. The fourth-order valence-corrected chi connectivity index (χ4v) is 3.87. The van der Waals surface area contributed by atoms with E-state index in [4.69, 9.17) is 9.84 Å². The second-order valence-electron chi connectivity index (χ2n) is 6.92. The van der Waals surface area contributed by atoms with Gasteiger partial charge < -0.3 is 4.74 Å². The van der Waals surface area contributed by atoms with E-state index in [2.05, 4.69) is 17.2 Å². The van der Waals surface area contributed by atoms with Crippen LogP contribution in [0.25, 0.3) is 22.4 Å². The number of benzene rings is 1. The fourth-order valence-electron chi connectivity index (χ4n) is 3.87. The van der Waals surface area contributed by atoms with Crippen molar-refractivity contribution < 1.29 is 9.53 Å². The number of hydrogen-bond acceptors (Lipinski definition) is 4. The lowest BCUT2D eigenvalue weighted by molar-refractivity contribution is 0.0994. The number of Topliss-reactive ketones (excluding diaryl/α,β-unsaturated/α-hetero) is 1. The van der Waals surface area contributed by atoms with Gasteiger partial charge in [0, 0.05) is 48.3 Å². The van der Waals surface area contributed by atoms with Gasteiger partial charge in [-0.3, -0.25) is 14.5 Å². The maximum atomic E-state index is 11.9. The Kier molecular flexibility index (Phi) is 3.68. The molecule has 1 atom stereocenters. The van der Waals surface area contributed by atoms with E-state index < -0.39 is 0 Å². The molecule has 1 aliphatic heterocycles. The molecule has 1 aliphatic carbocycles. The van der Waals surface area contributed by atoms with E-state index in [1.54, 1.807) is 12.4 Å². The number of ether oxygens (including phenoxy) is 1. The molecular formula is C21H19N3O2. The average Bonchev–Trinajstić information content (AvgIpc) is 3.42. The molecule has 3 aromatic rings. The summed E-state index contributed by atoms with van der Waals surface area (Å²) >= 11 is 0. The van der Waals surface area contributed by atoms with Crippen LogP contribution in [0.1, 0.15) is 34.8 Å². The Morgan fingerprint density at radius 3 is 2.73 bits per heavy atom. The van der Waals surface area contributed by atoms with Gasteiger partial charge in [0.2, 0.25) is 0 Å². The summed E-state index contributed by atoms with van der Waals surface area (Å²) in [6.07, 6.45) is 8.13. The lowest BCUT2D eigenvalue weighted by Gasteiger charge is -2.07. The SMILES string of the molecule is O=C1CCc2cc(-c3cn([C@@H]4CCOC4)nc3-c3ccncc3)ccc21. The van der Waals surface area contributed by atoms with Gasteiger partial charge in [-0.2, -0.15) is 5.10 Å². The molecule has 0 N–H and O–H groups in total. The first-order valence-corrected chi connectivity index (χ1v) is 9.03. The lowest BCUT2D eigenvalue weighted by Crippen LogP contribution is -2.08. The molecule has 0 unspecified atom stereocenters. The Balaban J connectivity index is 1.64.